The third-order valence-corrected chi connectivity index (χ3v) is 15.9. The van der Waals surface area contributed by atoms with Crippen LogP contribution in [0.4, 0.5) is 17.1 Å². The normalized spacial score (nSPS) is 21.0. The molecule has 0 aromatic heterocycles. The number of benzene rings is 8. The fourth-order valence-corrected chi connectivity index (χ4v) is 12.7. The first kappa shape index (κ1) is 42.4. The Balaban J connectivity index is 0.935. The maximum Gasteiger partial charge on any atom is 0.107 e. The molecule has 8 aromatic carbocycles. The lowest BCUT2D eigenvalue weighted by atomic mass is 9.66. The molecule has 8 aromatic rings. The average Bonchev–Trinajstić information content (AvgIpc) is 3.85. The minimum atomic E-state index is 0.00326. The van der Waals surface area contributed by atoms with E-state index in [1.54, 1.807) is 0 Å². The van der Waals surface area contributed by atoms with E-state index < -0.39 is 0 Å². The molecule has 0 radical (unpaired) electrons. The first-order valence-electron chi connectivity index (χ1n) is 25.4. The molecule has 5 atom stereocenters. The molecule has 13 rings (SSSR count). The second-order valence-electron chi connectivity index (χ2n) is 19.6. The monoisotopic (exact) mass is 907 g/mol. The van der Waals surface area contributed by atoms with E-state index in [2.05, 4.69) is 234 Å². The van der Waals surface area contributed by atoms with Gasteiger partial charge >= 0.3 is 0 Å². The maximum atomic E-state index is 5.93. The first-order chi connectivity index (χ1) is 34.7. The molecule has 0 bridgehead atoms. The van der Waals surface area contributed by atoms with Crippen LogP contribution in [-0.2, 0) is 11.2 Å². The van der Waals surface area contributed by atoms with Crippen molar-refractivity contribution in [3.05, 3.63) is 252 Å². The molecule has 1 fully saturated rings. The van der Waals surface area contributed by atoms with Gasteiger partial charge in [-0.1, -0.05) is 188 Å². The van der Waals surface area contributed by atoms with Crippen LogP contribution >= 0.6 is 0 Å². The predicted octanol–water partition coefficient (Wildman–Crippen LogP) is 16.6. The highest BCUT2D eigenvalue weighted by Gasteiger charge is 2.52. The zero-order chi connectivity index (χ0) is 46.5. The summed E-state index contributed by atoms with van der Waals surface area (Å²) in [6.07, 6.45) is 20.6. The quantitative estimate of drug-likeness (QED) is 0.146. The lowest BCUT2D eigenvalue weighted by molar-refractivity contribution is 0.209. The lowest BCUT2D eigenvalue weighted by Gasteiger charge is -2.44. The second kappa shape index (κ2) is 18.0. The summed E-state index contributed by atoms with van der Waals surface area (Å²) in [5.74, 6) is 2.01. The van der Waals surface area contributed by atoms with E-state index in [9.17, 15) is 0 Å². The summed E-state index contributed by atoms with van der Waals surface area (Å²) in [5, 5.41) is 6.82. The molecule has 70 heavy (non-hydrogen) atoms. The van der Waals surface area contributed by atoms with Crippen molar-refractivity contribution in [3.63, 3.8) is 0 Å². The molecule has 0 amide bonds. The second-order valence-corrected chi connectivity index (χ2v) is 19.6. The standard InChI is InChI=1S/C66H57N3O/c1-70-53-22-16-21-52(43-53)69-65-59-28-13-9-24-55(59)54-23-8-12-27-58(54)63(65)67-66(69)49-33-31-48(32-34-49)62-56-25-10-14-29-60(56)64(61-30-15-11-26-57(61)62)68(50-39-35-46(36-40-50)44-17-4-2-5-18-44)51-41-37-47(38-42-51)45-19-6-3-7-20-45/h2-11,13-14,17-21,23-26,28-29,31-43,54,58,63,65-67H,12,15-16,22,27,30H2,1H3. The van der Waals surface area contributed by atoms with Crippen LogP contribution in [0.15, 0.2) is 224 Å². The van der Waals surface area contributed by atoms with Crippen LogP contribution in [-0.4, -0.2) is 18.1 Å². The van der Waals surface area contributed by atoms with Crippen molar-refractivity contribution in [3.8, 4) is 33.4 Å². The largest absolute Gasteiger partial charge is 0.501 e. The minimum Gasteiger partial charge on any atom is -0.501 e. The number of ether oxygens (including phenoxy) is 1. The fourth-order valence-electron chi connectivity index (χ4n) is 12.7. The zero-order valence-electron chi connectivity index (χ0n) is 39.7. The van der Waals surface area contributed by atoms with Crippen molar-refractivity contribution >= 4 is 33.9 Å². The predicted molar refractivity (Wildman–Crippen MR) is 290 cm³/mol. The van der Waals surface area contributed by atoms with Crippen LogP contribution in [0.3, 0.4) is 0 Å². The van der Waals surface area contributed by atoms with E-state index in [1.807, 2.05) is 7.11 Å². The third kappa shape index (κ3) is 7.32. The molecule has 4 aliphatic carbocycles. The van der Waals surface area contributed by atoms with E-state index in [4.69, 9.17) is 4.74 Å². The Bertz CT molecular complexity index is 3270. The van der Waals surface area contributed by atoms with E-state index in [-0.39, 0.29) is 12.2 Å². The van der Waals surface area contributed by atoms with Crippen molar-refractivity contribution in [2.45, 2.75) is 62.7 Å². The molecule has 5 unspecified atom stereocenters. The number of hydrogen-bond acceptors (Lipinski definition) is 4. The Morgan fingerprint density at radius 3 is 1.87 bits per heavy atom. The van der Waals surface area contributed by atoms with Gasteiger partial charge < -0.3 is 14.5 Å². The highest BCUT2D eigenvalue weighted by atomic mass is 16.5. The van der Waals surface area contributed by atoms with Gasteiger partial charge in [-0.2, -0.15) is 0 Å². The van der Waals surface area contributed by atoms with Gasteiger partial charge in [-0.05, 0) is 135 Å². The van der Waals surface area contributed by atoms with Gasteiger partial charge in [0.1, 0.15) is 6.17 Å². The van der Waals surface area contributed by atoms with Crippen LogP contribution < -0.4 is 10.2 Å². The van der Waals surface area contributed by atoms with E-state index in [1.165, 1.54) is 89.8 Å². The molecule has 342 valence electrons. The van der Waals surface area contributed by atoms with Crippen LogP contribution in [0.2, 0.25) is 0 Å². The van der Waals surface area contributed by atoms with E-state index in [0.29, 0.717) is 17.9 Å². The number of nitrogens with one attached hydrogen (secondary N) is 1. The number of allylic oxidation sites excluding steroid dienone is 6. The molecule has 0 saturated carbocycles. The molecule has 1 heterocycles. The molecule has 4 heteroatoms. The summed E-state index contributed by atoms with van der Waals surface area (Å²) in [6, 6.07) is 68.2. The van der Waals surface area contributed by atoms with Crippen LogP contribution in [0, 0.1) is 5.92 Å². The number of fused-ring (bicyclic) bond motifs is 8. The van der Waals surface area contributed by atoms with Crippen LogP contribution in [0.1, 0.15) is 78.0 Å². The summed E-state index contributed by atoms with van der Waals surface area (Å²) < 4.78 is 5.93. The zero-order valence-corrected chi connectivity index (χ0v) is 39.7. The number of methoxy groups -OCH3 is 1. The summed E-state index contributed by atoms with van der Waals surface area (Å²) in [7, 11) is 1.82. The Morgan fingerprint density at radius 1 is 0.571 bits per heavy atom. The Hall–Kier alpha value is -7.66. The Kier molecular flexibility index (Phi) is 10.9. The average molecular weight is 908 g/mol. The molecule has 1 aliphatic heterocycles. The van der Waals surface area contributed by atoms with Crippen molar-refractivity contribution in [1.29, 1.82) is 0 Å². The van der Waals surface area contributed by atoms with Crippen LogP contribution in [0.25, 0.3) is 50.2 Å². The van der Waals surface area contributed by atoms with Crippen molar-refractivity contribution < 1.29 is 4.74 Å². The highest BCUT2D eigenvalue weighted by Crippen LogP contribution is 2.55. The van der Waals surface area contributed by atoms with Crippen molar-refractivity contribution in [2.75, 3.05) is 12.0 Å². The molecular weight excluding hydrogens is 851 g/mol. The summed E-state index contributed by atoms with van der Waals surface area (Å²) in [6.45, 7) is 0. The van der Waals surface area contributed by atoms with Crippen molar-refractivity contribution in [2.24, 2.45) is 5.92 Å². The Morgan fingerprint density at radius 2 is 1.19 bits per heavy atom. The van der Waals surface area contributed by atoms with Gasteiger partial charge in [0, 0.05) is 40.8 Å². The number of anilines is 3. The lowest BCUT2D eigenvalue weighted by Crippen LogP contribution is -2.43. The van der Waals surface area contributed by atoms with E-state index in [0.717, 1.165) is 49.2 Å². The summed E-state index contributed by atoms with van der Waals surface area (Å²) in [4.78, 5) is 5.22. The van der Waals surface area contributed by atoms with Gasteiger partial charge in [0.2, 0.25) is 0 Å². The van der Waals surface area contributed by atoms with Crippen LogP contribution in [0.5, 0.6) is 0 Å². The van der Waals surface area contributed by atoms with Gasteiger partial charge in [0.05, 0.1) is 24.6 Å². The number of nitrogens with zero attached hydrogens (tertiary/aromatic N) is 2. The van der Waals surface area contributed by atoms with Gasteiger partial charge in [0.25, 0.3) is 0 Å². The maximum absolute atomic E-state index is 5.93. The van der Waals surface area contributed by atoms with Crippen molar-refractivity contribution in [1.82, 2.24) is 10.2 Å². The van der Waals surface area contributed by atoms with Gasteiger partial charge in [-0.15, -0.1) is 0 Å². The van der Waals surface area contributed by atoms with Gasteiger partial charge in [-0.3, -0.25) is 5.32 Å². The summed E-state index contributed by atoms with van der Waals surface area (Å²) in [5.41, 5.74) is 19.1. The smallest absolute Gasteiger partial charge is 0.107 e. The molecule has 1 saturated heterocycles. The SMILES string of the molecule is COC1=CC(N2C(c3ccc(-c4c5c(c(N(c6ccc(-c7ccccc7)cc6)c6ccc(-c7ccccc7)cc6)c6ccccc46)CCC=C5)cc3)NC3C4CCC=CC4c4ccccc4C32)=CCC1. The molecular formula is C66H57N3O. The summed E-state index contributed by atoms with van der Waals surface area (Å²) >= 11 is 0. The van der Waals surface area contributed by atoms with Gasteiger partial charge in [-0.25, -0.2) is 0 Å². The topological polar surface area (TPSA) is 27.7 Å². The van der Waals surface area contributed by atoms with E-state index >= 15 is 0 Å². The molecule has 0 spiro atoms. The molecule has 4 nitrogen and oxygen atoms in total. The number of rotatable bonds is 9. The third-order valence-electron chi connectivity index (χ3n) is 15.9. The first-order valence-corrected chi connectivity index (χ1v) is 25.4. The Labute approximate surface area is 412 Å². The number of hydrogen-bond donors (Lipinski definition) is 1. The molecule has 5 aliphatic rings. The fraction of sp³-hybridized carbons (Fsp3) is 0.182. The highest BCUT2D eigenvalue weighted by molar-refractivity contribution is 6.11. The molecule has 1 N–H and O–H groups in total. The minimum absolute atomic E-state index is 0.00326. The van der Waals surface area contributed by atoms with Gasteiger partial charge in [0.15, 0.2) is 0 Å².